The predicted octanol–water partition coefficient (Wildman–Crippen LogP) is 3.57. The molecule has 30 heavy (non-hydrogen) atoms. The van der Waals surface area contributed by atoms with E-state index in [0.29, 0.717) is 17.6 Å². The Hall–Kier alpha value is -2.70. The van der Waals surface area contributed by atoms with E-state index in [0.717, 1.165) is 43.0 Å². The number of hydrogen-bond acceptors (Lipinski definition) is 4. The fraction of sp³-hybridized carbons (Fsp3) is 0.304. The molecule has 0 unspecified atom stereocenters. The second kappa shape index (κ2) is 7.85. The lowest BCUT2D eigenvalue weighted by Crippen LogP contribution is -2.59. The highest BCUT2D eigenvalue weighted by Crippen LogP contribution is 2.33. The van der Waals surface area contributed by atoms with Crippen LogP contribution >= 0.6 is 11.6 Å². The van der Waals surface area contributed by atoms with Crippen molar-refractivity contribution >= 4 is 17.3 Å². The number of fused-ring (bicyclic) bond motifs is 1. The summed E-state index contributed by atoms with van der Waals surface area (Å²) in [6.45, 7) is 3.06. The van der Waals surface area contributed by atoms with E-state index in [-0.39, 0.29) is 12.2 Å². The molecule has 1 aromatic carbocycles. The van der Waals surface area contributed by atoms with Crippen molar-refractivity contribution in [3.63, 3.8) is 0 Å². The van der Waals surface area contributed by atoms with Crippen molar-refractivity contribution < 1.29 is 4.39 Å². The molecule has 0 spiro atoms. The van der Waals surface area contributed by atoms with Gasteiger partial charge in [0, 0.05) is 61.6 Å². The highest BCUT2D eigenvalue weighted by Gasteiger charge is 2.34. The molecule has 7 heteroatoms. The molecule has 154 valence electrons. The first-order valence-electron chi connectivity index (χ1n) is 10.2. The van der Waals surface area contributed by atoms with Gasteiger partial charge in [-0.15, -0.1) is 0 Å². The molecule has 2 aliphatic heterocycles. The molecule has 0 radical (unpaired) electrons. The van der Waals surface area contributed by atoms with Crippen molar-refractivity contribution in [3.05, 3.63) is 75.8 Å². The number of anilines is 1. The van der Waals surface area contributed by atoms with Gasteiger partial charge in [-0.2, -0.15) is 0 Å². The average Bonchev–Trinajstić information content (AvgIpc) is 3.13. The normalized spacial score (nSPS) is 16.5. The van der Waals surface area contributed by atoms with Crippen LogP contribution in [0.15, 0.2) is 59.7 Å². The summed E-state index contributed by atoms with van der Waals surface area (Å²) >= 11 is 5.90. The van der Waals surface area contributed by atoms with Crippen LogP contribution in [0.3, 0.4) is 0 Å². The van der Waals surface area contributed by atoms with Crippen LogP contribution in [-0.2, 0) is 6.42 Å². The molecule has 2 aliphatic rings. The zero-order valence-electron chi connectivity index (χ0n) is 16.5. The first-order chi connectivity index (χ1) is 14.6. The van der Waals surface area contributed by atoms with Crippen LogP contribution in [0, 0.1) is 0 Å². The predicted molar refractivity (Wildman–Crippen MR) is 118 cm³/mol. The maximum absolute atomic E-state index is 12.8. The molecule has 1 fully saturated rings. The molecule has 0 N–H and O–H groups in total. The van der Waals surface area contributed by atoms with Crippen LogP contribution < -0.4 is 10.5 Å². The number of likely N-dealkylation sites (tertiary alicyclic amines) is 1. The van der Waals surface area contributed by atoms with Gasteiger partial charge >= 0.3 is 0 Å². The van der Waals surface area contributed by atoms with Gasteiger partial charge in [-0.25, -0.2) is 4.39 Å². The Morgan fingerprint density at radius 3 is 2.73 bits per heavy atom. The summed E-state index contributed by atoms with van der Waals surface area (Å²) in [7, 11) is 0. The topological polar surface area (TPSA) is 41.4 Å². The minimum absolute atomic E-state index is 0.0973. The van der Waals surface area contributed by atoms with Crippen LogP contribution in [0.4, 0.5) is 10.1 Å². The lowest BCUT2D eigenvalue weighted by atomic mass is 10.1. The lowest BCUT2D eigenvalue weighted by molar-refractivity contribution is 0.135. The molecule has 0 aliphatic carbocycles. The minimum atomic E-state index is -0.283. The maximum Gasteiger partial charge on any atom is 0.255 e. The standard InChI is InChI=1S/C23H22ClFN4O/c24-18-1-3-21(26-13-18)16-5-9-29(23(30)12-16)19-2-4-22-17(11-19)6-8-28(22)20-14-27(15-20)10-7-25/h1-5,9,11-13,20H,6-8,10,14-15H2. The van der Waals surface area contributed by atoms with Gasteiger partial charge in [0.05, 0.1) is 16.8 Å². The summed E-state index contributed by atoms with van der Waals surface area (Å²) < 4.78 is 14.2. The summed E-state index contributed by atoms with van der Waals surface area (Å²) in [5, 5.41) is 0.566. The van der Waals surface area contributed by atoms with Gasteiger partial charge in [0.15, 0.2) is 0 Å². The monoisotopic (exact) mass is 424 g/mol. The van der Waals surface area contributed by atoms with Crippen molar-refractivity contribution in [1.29, 1.82) is 0 Å². The fourth-order valence-electron chi connectivity index (χ4n) is 4.38. The number of pyridine rings is 2. The molecule has 1 saturated heterocycles. The molecular weight excluding hydrogens is 403 g/mol. The Bertz CT molecular complexity index is 1120. The number of rotatable bonds is 5. The average molecular weight is 425 g/mol. The second-order valence-corrected chi connectivity index (χ2v) is 8.28. The molecule has 5 rings (SSSR count). The zero-order valence-corrected chi connectivity index (χ0v) is 17.2. The molecular formula is C23H22ClFN4O. The molecule has 0 atom stereocenters. The summed E-state index contributed by atoms with van der Waals surface area (Å²) in [6, 6.07) is 13.7. The highest BCUT2D eigenvalue weighted by atomic mass is 35.5. The number of halogens is 2. The van der Waals surface area contributed by atoms with Gasteiger partial charge in [-0.05, 0) is 48.4 Å². The largest absolute Gasteiger partial charge is 0.365 e. The number of aromatic nitrogens is 2. The third-order valence-corrected chi connectivity index (χ3v) is 6.22. The van der Waals surface area contributed by atoms with Gasteiger partial charge in [0.2, 0.25) is 0 Å². The maximum atomic E-state index is 12.8. The minimum Gasteiger partial charge on any atom is -0.365 e. The number of benzene rings is 1. The van der Waals surface area contributed by atoms with Gasteiger partial charge in [0.25, 0.3) is 5.56 Å². The van der Waals surface area contributed by atoms with Crippen LogP contribution in [0.25, 0.3) is 16.9 Å². The molecule has 0 saturated carbocycles. The molecule has 4 heterocycles. The summed E-state index contributed by atoms with van der Waals surface area (Å²) in [4.78, 5) is 21.6. The van der Waals surface area contributed by atoms with E-state index in [1.807, 2.05) is 12.1 Å². The molecule has 0 amide bonds. The van der Waals surface area contributed by atoms with Crippen molar-refractivity contribution in [3.8, 4) is 16.9 Å². The summed E-state index contributed by atoms with van der Waals surface area (Å²) in [5.41, 5.74) is 4.74. The van der Waals surface area contributed by atoms with Gasteiger partial charge < -0.3 is 4.90 Å². The van der Waals surface area contributed by atoms with E-state index in [4.69, 9.17) is 11.6 Å². The number of hydrogen-bond donors (Lipinski definition) is 0. The van der Waals surface area contributed by atoms with Crippen molar-refractivity contribution in [2.24, 2.45) is 0 Å². The van der Waals surface area contributed by atoms with E-state index < -0.39 is 0 Å². The van der Waals surface area contributed by atoms with E-state index in [1.54, 1.807) is 35.2 Å². The van der Waals surface area contributed by atoms with Gasteiger partial charge in [-0.3, -0.25) is 19.2 Å². The first kappa shape index (κ1) is 19.3. The Labute approximate surface area is 179 Å². The van der Waals surface area contributed by atoms with Crippen molar-refractivity contribution in [1.82, 2.24) is 14.5 Å². The van der Waals surface area contributed by atoms with Crippen LogP contribution in [0.1, 0.15) is 5.56 Å². The van der Waals surface area contributed by atoms with Gasteiger partial charge in [0.1, 0.15) is 6.67 Å². The Balaban J connectivity index is 1.37. The number of alkyl halides is 1. The SMILES string of the molecule is O=c1cc(-c2ccc(Cl)cn2)ccn1-c1ccc2c(c1)CCN2C1CN(CCF)C1. The van der Waals surface area contributed by atoms with Crippen molar-refractivity contribution in [2.45, 2.75) is 12.5 Å². The molecule has 3 aromatic rings. The molecule has 0 bridgehead atoms. The fourth-order valence-corrected chi connectivity index (χ4v) is 4.49. The highest BCUT2D eigenvalue weighted by molar-refractivity contribution is 6.30. The Morgan fingerprint density at radius 2 is 2.00 bits per heavy atom. The summed E-state index contributed by atoms with van der Waals surface area (Å²) in [5.74, 6) is 0. The molecule has 2 aromatic heterocycles. The van der Waals surface area contributed by atoms with E-state index in [1.165, 1.54) is 11.3 Å². The first-order valence-corrected chi connectivity index (χ1v) is 10.5. The van der Waals surface area contributed by atoms with Gasteiger partial charge in [-0.1, -0.05) is 11.6 Å². The van der Waals surface area contributed by atoms with Crippen LogP contribution in [-0.4, -0.2) is 53.3 Å². The third kappa shape index (κ3) is 3.50. The van der Waals surface area contributed by atoms with Crippen LogP contribution in [0.2, 0.25) is 5.02 Å². The van der Waals surface area contributed by atoms with Crippen molar-refractivity contribution in [2.75, 3.05) is 37.8 Å². The van der Waals surface area contributed by atoms with E-state index >= 15 is 0 Å². The second-order valence-electron chi connectivity index (χ2n) is 7.84. The Morgan fingerprint density at radius 1 is 1.13 bits per heavy atom. The third-order valence-electron chi connectivity index (χ3n) is 5.99. The van der Waals surface area contributed by atoms with E-state index in [2.05, 4.69) is 26.9 Å². The smallest absolute Gasteiger partial charge is 0.255 e. The van der Waals surface area contributed by atoms with Crippen LogP contribution in [0.5, 0.6) is 0 Å². The zero-order chi connectivity index (χ0) is 20.7. The molecule has 5 nitrogen and oxygen atoms in total. The number of nitrogens with zero attached hydrogens (tertiary/aromatic N) is 4. The quantitative estimate of drug-likeness (QED) is 0.628. The Kier molecular flexibility index (Phi) is 5.05. The van der Waals surface area contributed by atoms with E-state index in [9.17, 15) is 9.18 Å². The summed E-state index contributed by atoms with van der Waals surface area (Å²) in [6.07, 6.45) is 4.33. The lowest BCUT2D eigenvalue weighted by Gasteiger charge is -2.44.